The number of halogens is 1. The highest BCUT2D eigenvalue weighted by molar-refractivity contribution is 7.98. The van der Waals surface area contributed by atoms with Gasteiger partial charge in [0.05, 0.1) is 11.3 Å². The molecule has 0 saturated carbocycles. The molecule has 0 atom stereocenters. The lowest BCUT2D eigenvalue weighted by molar-refractivity contribution is 0.566. The average molecular weight is 310 g/mol. The van der Waals surface area contributed by atoms with Crippen LogP contribution in [0.5, 0.6) is 0 Å². The Morgan fingerprint density at radius 3 is 2.55 bits per heavy atom. The fraction of sp³-hybridized carbons (Fsp3) is 0.400. The van der Waals surface area contributed by atoms with Crippen molar-refractivity contribution in [3.63, 3.8) is 0 Å². The topological polar surface area (TPSA) is 38.9 Å². The lowest BCUT2D eigenvalue weighted by atomic mass is 9.91. The highest BCUT2D eigenvalue weighted by Gasteiger charge is 2.24. The zero-order chi connectivity index (χ0) is 14.9. The first-order valence-corrected chi connectivity index (χ1v) is 8.45. The van der Waals surface area contributed by atoms with Crippen molar-refractivity contribution in [3.8, 4) is 10.6 Å². The van der Waals surface area contributed by atoms with Crippen molar-refractivity contribution in [2.45, 2.75) is 37.6 Å². The van der Waals surface area contributed by atoms with Gasteiger partial charge in [-0.05, 0) is 18.4 Å². The predicted molar refractivity (Wildman–Crippen MR) is 85.9 cm³/mol. The molecule has 0 aliphatic heterocycles. The van der Waals surface area contributed by atoms with E-state index < -0.39 is 0 Å². The molecule has 1 aromatic heterocycles. The highest BCUT2D eigenvalue weighted by Crippen LogP contribution is 2.39. The number of hydrogen-bond donors (Lipinski definition) is 1. The number of rotatable bonds is 3. The smallest absolute Gasteiger partial charge is 0.134 e. The van der Waals surface area contributed by atoms with Crippen LogP contribution in [-0.2, 0) is 12.0 Å². The van der Waals surface area contributed by atoms with Crippen molar-refractivity contribution < 1.29 is 4.39 Å². The van der Waals surface area contributed by atoms with Crippen LogP contribution < -0.4 is 5.73 Å². The summed E-state index contributed by atoms with van der Waals surface area (Å²) >= 11 is 3.02. The Kier molecular flexibility index (Phi) is 4.52. The molecule has 0 aliphatic rings. The van der Waals surface area contributed by atoms with E-state index in [1.807, 2.05) is 12.3 Å². The first-order chi connectivity index (χ1) is 9.38. The summed E-state index contributed by atoms with van der Waals surface area (Å²) in [6.45, 7) is 6.73. The van der Waals surface area contributed by atoms with E-state index in [1.54, 1.807) is 6.07 Å². The number of benzene rings is 1. The largest absolute Gasteiger partial charge is 0.326 e. The third-order valence-electron chi connectivity index (χ3n) is 3.00. The molecule has 108 valence electrons. The van der Waals surface area contributed by atoms with E-state index in [0.29, 0.717) is 12.1 Å². The fourth-order valence-corrected chi connectivity index (χ4v) is 3.95. The summed E-state index contributed by atoms with van der Waals surface area (Å²) in [7, 11) is 0. The molecular formula is C15H19FN2S2. The molecule has 0 spiro atoms. The van der Waals surface area contributed by atoms with Gasteiger partial charge in [-0.3, -0.25) is 0 Å². The van der Waals surface area contributed by atoms with Gasteiger partial charge in [-0.25, -0.2) is 9.37 Å². The number of nitrogens with zero attached hydrogens (tertiary/aromatic N) is 1. The molecule has 0 radical (unpaired) electrons. The molecule has 0 bridgehead atoms. The minimum absolute atomic E-state index is 0.0891. The van der Waals surface area contributed by atoms with Crippen LogP contribution in [0.4, 0.5) is 4.39 Å². The van der Waals surface area contributed by atoms with Crippen LogP contribution in [0.15, 0.2) is 23.1 Å². The molecule has 5 heteroatoms. The maximum absolute atomic E-state index is 14.2. The van der Waals surface area contributed by atoms with Crippen molar-refractivity contribution in [3.05, 3.63) is 34.6 Å². The van der Waals surface area contributed by atoms with Crippen molar-refractivity contribution in [1.82, 2.24) is 4.98 Å². The first-order valence-electron chi connectivity index (χ1n) is 6.41. The molecule has 0 fully saturated rings. The predicted octanol–water partition coefficient (Wildman–Crippen LogP) is 4.43. The van der Waals surface area contributed by atoms with Crippen molar-refractivity contribution >= 4 is 23.1 Å². The van der Waals surface area contributed by atoms with Gasteiger partial charge < -0.3 is 5.73 Å². The summed E-state index contributed by atoms with van der Waals surface area (Å²) in [6, 6.07) is 5.13. The van der Waals surface area contributed by atoms with Gasteiger partial charge in [0.1, 0.15) is 10.8 Å². The van der Waals surface area contributed by atoms with Gasteiger partial charge in [0, 0.05) is 21.7 Å². The third kappa shape index (κ3) is 2.90. The Bertz CT molecular complexity index is 615. The monoisotopic (exact) mass is 310 g/mol. The number of nitrogens with two attached hydrogens (primary N) is 1. The maximum Gasteiger partial charge on any atom is 0.134 e. The Morgan fingerprint density at radius 2 is 2.05 bits per heavy atom. The van der Waals surface area contributed by atoms with Crippen molar-refractivity contribution in [2.24, 2.45) is 5.73 Å². The molecule has 0 unspecified atom stereocenters. The molecule has 1 heterocycles. The molecule has 1 aromatic carbocycles. The zero-order valence-corrected chi connectivity index (χ0v) is 13.8. The fourth-order valence-electron chi connectivity index (χ4n) is 2.06. The second kappa shape index (κ2) is 5.84. The van der Waals surface area contributed by atoms with Crippen LogP contribution in [0.25, 0.3) is 10.6 Å². The van der Waals surface area contributed by atoms with E-state index >= 15 is 0 Å². The van der Waals surface area contributed by atoms with Crippen LogP contribution in [0.1, 0.15) is 31.3 Å². The molecule has 2 aromatic rings. The van der Waals surface area contributed by atoms with Gasteiger partial charge in [0.25, 0.3) is 0 Å². The summed E-state index contributed by atoms with van der Waals surface area (Å²) < 4.78 is 14.2. The molecule has 0 aliphatic carbocycles. The second-order valence-electron chi connectivity index (χ2n) is 5.56. The van der Waals surface area contributed by atoms with E-state index in [4.69, 9.17) is 5.73 Å². The molecule has 0 amide bonds. The summed E-state index contributed by atoms with van der Waals surface area (Å²) in [5.41, 5.74) is 7.29. The van der Waals surface area contributed by atoms with Crippen LogP contribution in [0.2, 0.25) is 0 Å². The summed E-state index contributed by atoms with van der Waals surface area (Å²) in [6.07, 6.45) is 1.94. The van der Waals surface area contributed by atoms with Gasteiger partial charge >= 0.3 is 0 Å². The van der Waals surface area contributed by atoms with Gasteiger partial charge in [0.15, 0.2) is 0 Å². The van der Waals surface area contributed by atoms with Crippen LogP contribution >= 0.6 is 23.1 Å². The van der Waals surface area contributed by atoms with E-state index in [1.165, 1.54) is 29.2 Å². The number of thioether (sulfide) groups is 1. The van der Waals surface area contributed by atoms with E-state index in [0.717, 1.165) is 20.5 Å². The lowest BCUT2D eigenvalue weighted by Crippen LogP contribution is -2.15. The van der Waals surface area contributed by atoms with Gasteiger partial charge in [-0.1, -0.05) is 26.8 Å². The number of thiazole rings is 1. The Balaban J connectivity index is 2.63. The Hall–Kier alpha value is -0.910. The molecule has 20 heavy (non-hydrogen) atoms. The Morgan fingerprint density at radius 1 is 1.35 bits per heavy atom. The average Bonchev–Trinajstić information content (AvgIpc) is 2.82. The Labute approximate surface area is 127 Å². The van der Waals surface area contributed by atoms with E-state index in [9.17, 15) is 4.39 Å². The van der Waals surface area contributed by atoms with E-state index in [-0.39, 0.29) is 11.2 Å². The molecule has 2 N–H and O–H groups in total. The molecule has 2 nitrogen and oxygen atoms in total. The zero-order valence-electron chi connectivity index (χ0n) is 12.2. The molecule has 2 rings (SSSR count). The van der Waals surface area contributed by atoms with Gasteiger partial charge in [-0.2, -0.15) is 0 Å². The third-order valence-corrected chi connectivity index (χ3v) is 4.88. The summed E-state index contributed by atoms with van der Waals surface area (Å²) in [5, 5.41) is 0.720. The van der Waals surface area contributed by atoms with Crippen molar-refractivity contribution in [2.75, 3.05) is 6.26 Å². The van der Waals surface area contributed by atoms with Gasteiger partial charge in [-0.15, -0.1) is 23.1 Å². The van der Waals surface area contributed by atoms with E-state index in [2.05, 4.69) is 25.8 Å². The van der Waals surface area contributed by atoms with Crippen LogP contribution in [0.3, 0.4) is 0 Å². The molecular weight excluding hydrogens is 291 g/mol. The molecule has 0 saturated heterocycles. The normalized spacial score (nSPS) is 11.9. The number of hydrogen-bond acceptors (Lipinski definition) is 4. The SMILES string of the molecule is CSc1cccc(F)c1-c1nc(C(C)(C)C)c(CN)s1. The van der Waals surface area contributed by atoms with Crippen molar-refractivity contribution in [1.29, 1.82) is 0 Å². The highest BCUT2D eigenvalue weighted by atomic mass is 32.2. The van der Waals surface area contributed by atoms with Gasteiger partial charge in [0.2, 0.25) is 0 Å². The maximum atomic E-state index is 14.2. The van der Waals surface area contributed by atoms with Crippen LogP contribution in [-0.4, -0.2) is 11.2 Å². The summed E-state index contributed by atoms with van der Waals surface area (Å²) in [5.74, 6) is -0.227. The lowest BCUT2D eigenvalue weighted by Gasteiger charge is -2.16. The quantitative estimate of drug-likeness (QED) is 0.853. The van der Waals surface area contributed by atoms with Crippen LogP contribution in [0, 0.1) is 5.82 Å². The number of aromatic nitrogens is 1. The minimum atomic E-state index is -0.227. The summed E-state index contributed by atoms with van der Waals surface area (Å²) in [4.78, 5) is 6.61. The first kappa shape index (κ1) is 15.5. The standard InChI is InChI=1S/C15H19FN2S2/c1-15(2,3)13-11(8-17)20-14(18-13)12-9(16)6-5-7-10(12)19-4/h5-7H,8,17H2,1-4H3. The minimum Gasteiger partial charge on any atom is -0.326 e. The second-order valence-corrected chi connectivity index (χ2v) is 7.49.